The molecule has 2 bridgehead atoms. The number of aromatic nitrogens is 3. The first-order chi connectivity index (χ1) is 17.0. The number of benzene rings is 1. The average molecular weight is 453 g/mol. The Morgan fingerprint density at radius 1 is 1.21 bits per heavy atom. The fourth-order valence-electron chi connectivity index (χ4n) is 5.37. The number of phenols is 1. The lowest BCUT2D eigenvalue weighted by atomic mass is 9.95. The molecule has 1 saturated carbocycles. The minimum atomic E-state index is -2.60. The van der Waals surface area contributed by atoms with E-state index in [4.69, 9.17) is 8.85 Å². The van der Waals surface area contributed by atoms with Gasteiger partial charge in [0, 0.05) is 31.4 Å². The summed E-state index contributed by atoms with van der Waals surface area (Å²) >= 11 is 0. The quantitative estimate of drug-likeness (QED) is 0.631. The monoisotopic (exact) mass is 452 g/mol. The number of aromatic hydroxyl groups is 1. The van der Waals surface area contributed by atoms with Crippen LogP contribution in [-0.4, -0.2) is 70.6 Å². The summed E-state index contributed by atoms with van der Waals surface area (Å²) in [4.78, 5) is 7.92. The van der Waals surface area contributed by atoms with Crippen molar-refractivity contribution in [2.75, 3.05) is 32.6 Å². The summed E-state index contributed by atoms with van der Waals surface area (Å²) in [5.74, 6) is 0.774. The molecule has 8 heteroatoms. The number of piperidine rings is 1. The summed E-state index contributed by atoms with van der Waals surface area (Å²) in [7, 11) is 1.23. The second-order valence-corrected chi connectivity index (χ2v) is 9.20. The molecule has 1 N–H and O–H groups in total. The predicted molar refractivity (Wildman–Crippen MR) is 125 cm³/mol. The van der Waals surface area contributed by atoms with Gasteiger partial charge in [-0.05, 0) is 67.8 Å². The van der Waals surface area contributed by atoms with Crippen LogP contribution in [0.15, 0.2) is 48.7 Å². The van der Waals surface area contributed by atoms with Gasteiger partial charge in [0.05, 0.1) is 28.4 Å². The highest BCUT2D eigenvalue weighted by Crippen LogP contribution is 2.49. The number of methoxy groups -OCH3 is 1. The molecule has 0 unspecified atom stereocenters. The number of anilines is 1. The molecule has 2 fully saturated rings. The number of rotatable bonds is 5. The van der Waals surface area contributed by atoms with E-state index >= 15 is 4.39 Å². The van der Waals surface area contributed by atoms with Crippen molar-refractivity contribution in [3.63, 3.8) is 0 Å². The van der Waals surface area contributed by atoms with Gasteiger partial charge in [-0.3, -0.25) is 4.90 Å². The van der Waals surface area contributed by atoms with Crippen molar-refractivity contribution in [3.05, 3.63) is 48.7 Å². The van der Waals surface area contributed by atoms with E-state index in [2.05, 4.69) is 20.1 Å². The second-order valence-electron chi connectivity index (χ2n) is 9.20. The van der Waals surface area contributed by atoms with E-state index < -0.39 is 18.7 Å². The summed E-state index contributed by atoms with van der Waals surface area (Å²) in [6.07, 6.45) is 1.29. The Hall–Kier alpha value is -3.26. The zero-order chi connectivity index (χ0) is 25.8. The van der Waals surface area contributed by atoms with Gasteiger partial charge < -0.3 is 14.7 Å². The molecule has 1 aliphatic carbocycles. The third-order valence-corrected chi connectivity index (χ3v) is 7.34. The minimum absolute atomic E-state index is 0.00843. The Morgan fingerprint density at radius 2 is 2.03 bits per heavy atom. The van der Waals surface area contributed by atoms with Gasteiger partial charge in [-0.1, -0.05) is 6.07 Å². The minimum Gasteiger partial charge on any atom is -0.507 e. The van der Waals surface area contributed by atoms with Gasteiger partial charge in [0.15, 0.2) is 5.82 Å². The molecular formula is C25H28FN5O2. The highest BCUT2D eigenvalue weighted by Gasteiger charge is 2.60. The number of halogens is 1. The van der Waals surface area contributed by atoms with Gasteiger partial charge >= 0.3 is 0 Å². The third kappa shape index (κ3) is 3.49. The van der Waals surface area contributed by atoms with E-state index in [1.807, 2.05) is 25.9 Å². The Morgan fingerprint density at radius 3 is 2.70 bits per heavy atom. The number of fused-ring (bicyclic) bond motifs is 2. The zero-order valence-corrected chi connectivity index (χ0v) is 18.7. The van der Waals surface area contributed by atoms with Gasteiger partial charge in [0.1, 0.15) is 11.9 Å². The lowest BCUT2D eigenvalue weighted by Gasteiger charge is -2.42. The van der Waals surface area contributed by atoms with E-state index in [-0.39, 0.29) is 23.6 Å². The summed E-state index contributed by atoms with van der Waals surface area (Å²) in [6.45, 7) is 2.85. The van der Waals surface area contributed by atoms with Crippen molar-refractivity contribution < 1.29 is 18.3 Å². The van der Waals surface area contributed by atoms with E-state index in [0.717, 1.165) is 13.0 Å². The summed E-state index contributed by atoms with van der Waals surface area (Å²) < 4.78 is 41.9. The number of hydrogen-bond acceptors (Lipinski definition) is 7. The van der Waals surface area contributed by atoms with Gasteiger partial charge in [0.2, 0.25) is 5.88 Å². The largest absolute Gasteiger partial charge is 0.507 e. The molecule has 4 atom stereocenters. The molecule has 2 aliphatic rings. The van der Waals surface area contributed by atoms with Crippen LogP contribution < -0.4 is 9.64 Å². The van der Waals surface area contributed by atoms with Crippen LogP contribution in [-0.2, 0) is 0 Å². The first kappa shape index (κ1) is 18.2. The fourth-order valence-corrected chi connectivity index (χ4v) is 5.37. The summed E-state index contributed by atoms with van der Waals surface area (Å²) in [5, 5.41) is 19.3. The van der Waals surface area contributed by atoms with Crippen molar-refractivity contribution in [3.8, 4) is 34.0 Å². The van der Waals surface area contributed by atoms with Crippen LogP contribution in [0.1, 0.15) is 17.5 Å². The van der Waals surface area contributed by atoms with Crippen LogP contribution in [0.5, 0.6) is 11.6 Å². The van der Waals surface area contributed by atoms with Gasteiger partial charge in [-0.25, -0.2) is 9.37 Å². The topological polar surface area (TPSA) is 74.6 Å². The molecule has 1 saturated heterocycles. The first-order valence-electron chi connectivity index (χ1n) is 12.4. The number of likely N-dealkylation sites (tertiary alicyclic amines) is 1. The van der Waals surface area contributed by atoms with E-state index in [1.165, 1.54) is 12.3 Å². The molecule has 1 aromatic carbocycles. The zero-order valence-electron chi connectivity index (χ0n) is 21.7. The molecule has 0 amide bonds. The van der Waals surface area contributed by atoms with Crippen molar-refractivity contribution >= 4 is 5.82 Å². The fraction of sp³-hybridized carbons (Fsp3) is 0.400. The number of alkyl halides is 1. The van der Waals surface area contributed by atoms with Crippen LogP contribution in [0.4, 0.5) is 10.2 Å². The average Bonchev–Trinajstić information content (AvgIpc) is 3.26. The van der Waals surface area contributed by atoms with E-state index in [1.54, 1.807) is 36.4 Å². The van der Waals surface area contributed by atoms with Gasteiger partial charge in [-0.2, -0.15) is 0 Å². The van der Waals surface area contributed by atoms with Gasteiger partial charge in [0.25, 0.3) is 0 Å². The van der Waals surface area contributed by atoms with E-state index in [9.17, 15) is 5.11 Å². The number of phenolic OH excluding ortho intramolecular Hbond substituents is 1. The predicted octanol–water partition coefficient (Wildman–Crippen LogP) is 3.79. The summed E-state index contributed by atoms with van der Waals surface area (Å²) in [5.41, 5.74) is 1.82. The Kier molecular flexibility index (Phi) is 4.38. The number of nitrogens with zero attached hydrogens (tertiary/aromatic N) is 5. The van der Waals surface area contributed by atoms with E-state index in [0.29, 0.717) is 28.2 Å². The molecule has 33 heavy (non-hydrogen) atoms. The SMILES string of the molecule is [2H]C([2H])([2H])Oc1cc(-c2ccc(-c3ccc(N(C)[C@@H]4[C@H]5CN(C)[C@](C)(C5)[C@@H]4F)nn3)c(O)c2)ccn1. The molecule has 5 rings (SSSR count). The standard InChI is InChI=1S/C25H28FN5O2/c1-25-13-17(14-30(25)2)23(24(25)26)31(3)21-8-7-19(28-29-21)18-6-5-15(11-20(18)32)16-9-10-27-22(12-16)33-4/h5-12,17,23-24,32H,13-14H2,1-4H3/t17-,23-,24-,25-/m1/s1/i4D3. The molecule has 3 aromatic rings. The first-order valence-corrected chi connectivity index (χ1v) is 10.9. The molecule has 172 valence electrons. The molecule has 7 nitrogen and oxygen atoms in total. The van der Waals surface area contributed by atoms with Crippen molar-refractivity contribution in [2.24, 2.45) is 5.92 Å². The Bertz CT molecular complexity index is 1280. The lowest BCUT2D eigenvalue weighted by Crippen LogP contribution is -2.57. The van der Waals surface area contributed by atoms with Crippen LogP contribution >= 0.6 is 0 Å². The molecule has 0 radical (unpaired) electrons. The Balaban J connectivity index is 1.34. The highest BCUT2D eigenvalue weighted by molar-refractivity contribution is 5.74. The van der Waals surface area contributed by atoms with Gasteiger partial charge in [-0.15, -0.1) is 10.2 Å². The van der Waals surface area contributed by atoms with Crippen LogP contribution in [0.2, 0.25) is 0 Å². The molecule has 0 spiro atoms. The molecule has 2 aromatic heterocycles. The smallest absolute Gasteiger partial charge is 0.213 e. The maximum absolute atomic E-state index is 15.3. The Labute approximate surface area is 197 Å². The third-order valence-electron chi connectivity index (χ3n) is 7.34. The number of pyridine rings is 1. The van der Waals surface area contributed by atoms with Crippen LogP contribution in [0.3, 0.4) is 0 Å². The molecule has 3 heterocycles. The highest BCUT2D eigenvalue weighted by atomic mass is 19.1. The van der Waals surface area contributed by atoms with Crippen molar-refractivity contribution in [1.29, 1.82) is 0 Å². The van der Waals surface area contributed by atoms with Crippen molar-refractivity contribution in [2.45, 2.75) is 31.1 Å². The maximum Gasteiger partial charge on any atom is 0.213 e. The normalized spacial score (nSPS) is 28.2. The number of ether oxygens (including phenoxy) is 1. The summed E-state index contributed by atoms with van der Waals surface area (Å²) in [6, 6.07) is 11.6. The van der Waals surface area contributed by atoms with Crippen molar-refractivity contribution in [1.82, 2.24) is 20.1 Å². The second kappa shape index (κ2) is 7.95. The maximum atomic E-state index is 15.3. The van der Waals surface area contributed by atoms with Crippen LogP contribution in [0.25, 0.3) is 22.4 Å². The lowest BCUT2D eigenvalue weighted by molar-refractivity contribution is 0.0572. The molecular weight excluding hydrogens is 421 g/mol. The van der Waals surface area contributed by atoms with Crippen LogP contribution in [0, 0.1) is 5.92 Å². The molecule has 1 aliphatic heterocycles. The number of hydrogen-bond donors (Lipinski definition) is 1.